The molecule has 0 spiro atoms. The molecule has 0 atom stereocenters. The number of nitrogens with zero attached hydrogens (tertiary/aromatic N) is 2. The van der Waals surface area contributed by atoms with Gasteiger partial charge in [-0.15, -0.1) is 0 Å². The number of anilines is 1. The Morgan fingerprint density at radius 3 is 3.06 bits per heavy atom. The summed E-state index contributed by atoms with van der Waals surface area (Å²) in [5.74, 6) is 0.959. The maximum absolute atomic E-state index is 4.38. The zero-order chi connectivity index (χ0) is 11.7. The molecule has 3 rings (SSSR count). The van der Waals surface area contributed by atoms with Crippen molar-refractivity contribution in [1.82, 2.24) is 9.55 Å². The van der Waals surface area contributed by atoms with Gasteiger partial charge in [0.05, 0.1) is 0 Å². The van der Waals surface area contributed by atoms with Crippen LogP contribution in [0.2, 0.25) is 0 Å². The number of benzene rings is 1. The number of hydrogen-bond donors (Lipinski definition) is 1. The fourth-order valence-electron chi connectivity index (χ4n) is 1.96. The molecule has 0 unspecified atom stereocenters. The van der Waals surface area contributed by atoms with Gasteiger partial charge in [-0.3, -0.25) is 4.57 Å². The van der Waals surface area contributed by atoms with Crippen LogP contribution in [0.15, 0.2) is 36.7 Å². The van der Waals surface area contributed by atoms with Gasteiger partial charge in [-0.1, -0.05) is 19.1 Å². The molecule has 1 aromatic carbocycles. The van der Waals surface area contributed by atoms with E-state index in [-0.39, 0.29) is 0 Å². The van der Waals surface area contributed by atoms with Crippen molar-refractivity contribution in [2.75, 3.05) is 5.32 Å². The van der Waals surface area contributed by atoms with E-state index in [1.54, 1.807) is 0 Å². The zero-order valence-corrected chi connectivity index (χ0v) is 10.1. The van der Waals surface area contributed by atoms with E-state index in [0.717, 1.165) is 12.4 Å². The summed E-state index contributed by atoms with van der Waals surface area (Å²) in [7, 11) is 0. The largest absolute Gasteiger partial charge is 0.353 e. The van der Waals surface area contributed by atoms with E-state index in [2.05, 4.69) is 46.1 Å². The minimum atomic E-state index is 0.630. The average molecular weight is 227 g/mol. The third kappa shape index (κ3) is 2.18. The summed E-state index contributed by atoms with van der Waals surface area (Å²) in [6.45, 7) is 2.18. The number of nitrogens with one attached hydrogen (secondary N) is 1. The summed E-state index contributed by atoms with van der Waals surface area (Å²) in [5.41, 5.74) is 2.54. The summed E-state index contributed by atoms with van der Waals surface area (Å²) in [5, 5.41) is 3.45. The lowest BCUT2D eigenvalue weighted by molar-refractivity contribution is 0.996. The molecule has 1 aromatic heterocycles. The highest BCUT2D eigenvalue weighted by Crippen LogP contribution is 2.25. The first-order valence-corrected chi connectivity index (χ1v) is 6.26. The highest BCUT2D eigenvalue weighted by atomic mass is 15.2. The number of hydrogen-bond acceptors (Lipinski definition) is 2. The van der Waals surface area contributed by atoms with E-state index in [0.29, 0.717) is 6.04 Å². The van der Waals surface area contributed by atoms with Crippen molar-refractivity contribution in [3.8, 4) is 5.69 Å². The molecule has 1 N–H and O–H groups in total. The number of rotatable bonds is 4. The van der Waals surface area contributed by atoms with Crippen LogP contribution in [0, 0.1) is 0 Å². The minimum Gasteiger partial charge on any atom is -0.353 e. The third-order valence-electron chi connectivity index (χ3n) is 3.15. The van der Waals surface area contributed by atoms with Crippen molar-refractivity contribution in [2.24, 2.45) is 0 Å². The quantitative estimate of drug-likeness (QED) is 0.870. The van der Waals surface area contributed by atoms with Gasteiger partial charge in [-0.25, -0.2) is 4.98 Å². The maximum atomic E-state index is 4.38. The van der Waals surface area contributed by atoms with Gasteiger partial charge in [0.2, 0.25) is 5.95 Å². The molecule has 2 aromatic rings. The molecule has 3 nitrogen and oxygen atoms in total. The maximum Gasteiger partial charge on any atom is 0.207 e. The Labute approximate surface area is 101 Å². The van der Waals surface area contributed by atoms with Crippen LogP contribution in [0.3, 0.4) is 0 Å². The van der Waals surface area contributed by atoms with Gasteiger partial charge >= 0.3 is 0 Å². The van der Waals surface area contributed by atoms with Crippen LogP contribution >= 0.6 is 0 Å². The van der Waals surface area contributed by atoms with Crippen LogP contribution in [0.5, 0.6) is 0 Å². The van der Waals surface area contributed by atoms with Crippen molar-refractivity contribution < 1.29 is 0 Å². The van der Waals surface area contributed by atoms with Crippen molar-refractivity contribution >= 4 is 5.95 Å². The van der Waals surface area contributed by atoms with Crippen LogP contribution < -0.4 is 5.32 Å². The molecule has 0 aliphatic heterocycles. The summed E-state index contributed by atoms with van der Waals surface area (Å²) < 4.78 is 2.12. The van der Waals surface area contributed by atoms with E-state index in [1.807, 2.05) is 12.4 Å². The van der Waals surface area contributed by atoms with Crippen LogP contribution in [-0.2, 0) is 6.42 Å². The predicted molar refractivity (Wildman–Crippen MR) is 69.6 cm³/mol. The molecule has 17 heavy (non-hydrogen) atoms. The smallest absolute Gasteiger partial charge is 0.207 e. The van der Waals surface area contributed by atoms with E-state index in [4.69, 9.17) is 0 Å². The number of aromatic nitrogens is 2. The lowest BCUT2D eigenvalue weighted by atomic mass is 10.1. The molecule has 88 valence electrons. The molecule has 0 radical (unpaired) electrons. The lowest BCUT2D eigenvalue weighted by Gasteiger charge is -2.10. The Bertz CT molecular complexity index is 512. The van der Waals surface area contributed by atoms with Crippen LogP contribution in [-0.4, -0.2) is 15.6 Å². The first-order valence-electron chi connectivity index (χ1n) is 6.26. The highest BCUT2D eigenvalue weighted by molar-refractivity contribution is 5.44. The van der Waals surface area contributed by atoms with Crippen molar-refractivity contribution in [3.63, 3.8) is 0 Å². The van der Waals surface area contributed by atoms with Gasteiger partial charge in [-0.2, -0.15) is 0 Å². The molecular formula is C14H17N3. The molecule has 3 heteroatoms. The van der Waals surface area contributed by atoms with Gasteiger partial charge in [0.1, 0.15) is 0 Å². The molecular weight excluding hydrogens is 210 g/mol. The van der Waals surface area contributed by atoms with Gasteiger partial charge in [0, 0.05) is 24.1 Å². The van der Waals surface area contributed by atoms with Crippen molar-refractivity contribution in [1.29, 1.82) is 0 Å². The molecule has 1 heterocycles. The Morgan fingerprint density at radius 1 is 1.41 bits per heavy atom. The molecule has 1 fully saturated rings. The topological polar surface area (TPSA) is 29.9 Å². The van der Waals surface area contributed by atoms with E-state index in [9.17, 15) is 0 Å². The fourth-order valence-corrected chi connectivity index (χ4v) is 1.96. The predicted octanol–water partition coefficient (Wildman–Crippen LogP) is 3.01. The SMILES string of the molecule is CCc1cccc(-n2ccnc2NC2CC2)c1. The second kappa shape index (κ2) is 4.24. The van der Waals surface area contributed by atoms with E-state index in [1.165, 1.54) is 24.1 Å². The fraction of sp³-hybridized carbons (Fsp3) is 0.357. The summed E-state index contributed by atoms with van der Waals surface area (Å²) >= 11 is 0. The van der Waals surface area contributed by atoms with E-state index >= 15 is 0 Å². The van der Waals surface area contributed by atoms with Gasteiger partial charge in [0.15, 0.2) is 0 Å². The standard InChI is InChI=1S/C14H17N3/c1-2-11-4-3-5-13(10-11)17-9-8-15-14(17)16-12-6-7-12/h3-5,8-10,12H,2,6-7H2,1H3,(H,15,16). The first-order chi connectivity index (χ1) is 8.36. The minimum absolute atomic E-state index is 0.630. The molecule has 1 saturated carbocycles. The normalized spacial score (nSPS) is 14.9. The number of imidazole rings is 1. The molecule has 0 saturated heterocycles. The summed E-state index contributed by atoms with van der Waals surface area (Å²) in [6, 6.07) is 9.24. The second-order valence-electron chi connectivity index (χ2n) is 4.56. The van der Waals surface area contributed by atoms with Crippen LogP contribution in [0.4, 0.5) is 5.95 Å². The monoisotopic (exact) mass is 227 g/mol. The lowest BCUT2D eigenvalue weighted by Crippen LogP contribution is -2.07. The Morgan fingerprint density at radius 2 is 2.29 bits per heavy atom. The second-order valence-corrected chi connectivity index (χ2v) is 4.56. The first kappa shape index (κ1) is 10.4. The Hall–Kier alpha value is -1.77. The van der Waals surface area contributed by atoms with Gasteiger partial charge in [-0.05, 0) is 37.0 Å². The van der Waals surface area contributed by atoms with E-state index < -0.39 is 0 Å². The molecule has 1 aliphatic rings. The zero-order valence-electron chi connectivity index (χ0n) is 10.1. The van der Waals surface area contributed by atoms with Crippen molar-refractivity contribution in [3.05, 3.63) is 42.2 Å². The Kier molecular flexibility index (Phi) is 2.59. The van der Waals surface area contributed by atoms with Crippen LogP contribution in [0.1, 0.15) is 25.3 Å². The van der Waals surface area contributed by atoms with Crippen molar-refractivity contribution in [2.45, 2.75) is 32.2 Å². The highest BCUT2D eigenvalue weighted by Gasteiger charge is 2.22. The van der Waals surface area contributed by atoms with Gasteiger partial charge < -0.3 is 5.32 Å². The van der Waals surface area contributed by atoms with Gasteiger partial charge in [0.25, 0.3) is 0 Å². The Balaban J connectivity index is 1.93. The average Bonchev–Trinajstić information content (AvgIpc) is 3.06. The summed E-state index contributed by atoms with van der Waals surface area (Å²) in [6.07, 6.45) is 7.46. The molecule has 1 aliphatic carbocycles. The third-order valence-corrected chi connectivity index (χ3v) is 3.15. The number of aryl methyl sites for hydroxylation is 1. The molecule has 0 amide bonds. The summed E-state index contributed by atoms with van der Waals surface area (Å²) in [4.78, 5) is 4.38. The van der Waals surface area contributed by atoms with Crippen LogP contribution in [0.25, 0.3) is 5.69 Å². The molecule has 0 bridgehead atoms.